The molecular weight excluding hydrogens is 1110 g/mol. The molecule has 92 heavy (non-hydrogen) atoms. The number of nitrogens with zero attached hydrogens (tertiary/aromatic N) is 2. The first kappa shape index (κ1) is 56.5. The quantitative estimate of drug-likeness (QED) is 0.133. The van der Waals surface area contributed by atoms with Gasteiger partial charge in [0.05, 0.1) is 23.8 Å². The van der Waals surface area contributed by atoms with Crippen molar-refractivity contribution in [3.8, 4) is 0 Å². The van der Waals surface area contributed by atoms with Gasteiger partial charge < -0.3 is 9.80 Å². The molecule has 7 aromatic rings. The third kappa shape index (κ3) is 9.17. The molecule has 0 aliphatic heterocycles. The van der Waals surface area contributed by atoms with Gasteiger partial charge in [-0.2, -0.15) is 0 Å². The topological polar surface area (TPSA) is 6.48 Å². The third-order valence-corrected chi connectivity index (χ3v) is 22.8. The van der Waals surface area contributed by atoms with Crippen molar-refractivity contribution < 1.29 is 0 Å². The first-order valence-corrected chi connectivity index (χ1v) is 34.1. The summed E-state index contributed by atoms with van der Waals surface area (Å²) in [5.41, 5.74) is 21.0. The first-order chi connectivity index (χ1) is 45.2. The molecule has 2 nitrogen and oxygen atoms in total. The molecule has 0 amide bonds. The Bertz CT molecular complexity index is 4740. The number of hydrogen-bond acceptors (Lipinski definition) is 2. The van der Waals surface area contributed by atoms with E-state index in [0.717, 1.165) is 32.1 Å². The van der Waals surface area contributed by atoms with Crippen LogP contribution in [-0.4, -0.2) is 24.2 Å². The van der Waals surface area contributed by atoms with Crippen LogP contribution in [0.25, 0.3) is 49.0 Å². The van der Waals surface area contributed by atoms with Crippen LogP contribution in [0.1, 0.15) is 99.1 Å². The Hall–Kier alpha value is -9.50. The predicted molar refractivity (Wildman–Crippen MR) is 391 cm³/mol. The summed E-state index contributed by atoms with van der Waals surface area (Å²) in [6.07, 6.45) is 60.4. The fourth-order valence-electron chi connectivity index (χ4n) is 18.6. The van der Waals surface area contributed by atoms with E-state index in [1.165, 1.54) is 111 Å². The standard InChI is InChI=1S/C90H80N2/c1-89(2)81-48-28-26-38-69(81)71-52-50-65(57-83(71)89)91(63-32-11-8-12-33-63)87-77-44-22-18-40-73(77)85(74-41-19-23-45-78(74)87)61-54-60(68-36-15-7-5-6-10-30-59-31-16-17-37-67(59)68)55-62(56-61)86-75-42-20-24-46-79(75)88(80-47-25-21-43-76(80)86)92(64-34-13-9-14-35-64)66-51-53-72-70-39-27-29-49-82(70)90(3,4)84(72)58-66/h5-32,34,36-46,48-54,56,58,62-65,70,79-80,82,88H,33,35,47,55,57H2,1-4H3. The Morgan fingerprint density at radius 1 is 0.478 bits per heavy atom. The molecule has 0 heterocycles. The average molecular weight is 1190 g/mol. The van der Waals surface area contributed by atoms with Crippen LogP contribution in [0.2, 0.25) is 0 Å². The summed E-state index contributed by atoms with van der Waals surface area (Å²) >= 11 is 0. The number of anilines is 2. The van der Waals surface area contributed by atoms with Gasteiger partial charge in [0.25, 0.3) is 0 Å². The minimum atomic E-state index is -0.0694. The van der Waals surface area contributed by atoms with E-state index in [9.17, 15) is 0 Å². The Morgan fingerprint density at radius 2 is 1.11 bits per heavy atom. The summed E-state index contributed by atoms with van der Waals surface area (Å²) < 4.78 is 0. The Kier molecular flexibility index (Phi) is 13.9. The molecule has 10 aliphatic rings. The van der Waals surface area contributed by atoms with Crippen molar-refractivity contribution in [2.45, 2.75) is 101 Å². The molecule has 0 radical (unpaired) electrons. The molecule has 0 bridgehead atoms. The van der Waals surface area contributed by atoms with Gasteiger partial charge in [-0.25, -0.2) is 0 Å². The fraction of sp³-hybridized carbons (Fsp3) is 0.222. The predicted octanol–water partition coefficient (Wildman–Crippen LogP) is 22.0. The van der Waals surface area contributed by atoms with Crippen molar-refractivity contribution in [3.63, 3.8) is 0 Å². The molecule has 10 aliphatic carbocycles. The highest BCUT2D eigenvalue weighted by Crippen LogP contribution is 2.58. The van der Waals surface area contributed by atoms with Crippen molar-refractivity contribution in [1.82, 2.24) is 0 Å². The van der Waals surface area contributed by atoms with Gasteiger partial charge in [-0.05, 0) is 150 Å². The third-order valence-electron chi connectivity index (χ3n) is 22.8. The van der Waals surface area contributed by atoms with Crippen molar-refractivity contribution >= 4 is 60.4 Å². The molecule has 0 aromatic heterocycles. The van der Waals surface area contributed by atoms with Crippen molar-refractivity contribution in [1.29, 1.82) is 0 Å². The maximum absolute atomic E-state index is 2.89. The average Bonchev–Trinajstić information content (AvgIpc) is 0.907. The lowest BCUT2D eigenvalue weighted by molar-refractivity contribution is 0.356. The zero-order valence-electron chi connectivity index (χ0n) is 53.4. The van der Waals surface area contributed by atoms with Crippen molar-refractivity contribution in [2.24, 2.45) is 23.7 Å². The molecule has 2 heteroatoms. The van der Waals surface area contributed by atoms with E-state index in [4.69, 9.17) is 0 Å². The molecule has 450 valence electrons. The second kappa shape index (κ2) is 22.7. The number of hydrogen-bond donors (Lipinski definition) is 0. The summed E-state index contributed by atoms with van der Waals surface area (Å²) in [6.45, 7) is 9.87. The van der Waals surface area contributed by atoms with Crippen LogP contribution >= 0.6 is 0 Å². The Balaban J connectivity index is 0.871. The van der Waals surface area contributed by atoms with E-state index < -0.39 is 0 Å². The molecule has 17 rings (SSSR count). The molecule has 0 saturated carbocycles. The van der Waals surface area contributed by atoms with Gasteiger partial charge in [0, 0.05) is 51.6 Å². The molecule has 7 aromatic carbocycles. The van der Waals surface area contributed by atoms with Crippen molar-refractivity contribution in [3.05, 3.63) is 353 Å². The van der Waals surface area contributed by atoms with Crippen LogP contribution in [0.3, 0.4) is 0 Å². The SMILES string of the molecule is CC1(C)C2=C(C=CC(N(c3c4ccccc4c(C4=CC(C5=C6C=CC=CC6C(N(c6ccc7c(c6)C(C)(C)C6C=CC=CC76)C6C=CC=CC6)C6CC=CC=C56)CC(c5cccccccc6ccccc56)=C4)c4ccccc34)C3C=CC=CC3)C2)c2ccccc21. The highest BCUT2D eigenvalue weighted by molar-refractivity contribution is 6.20. The van der Waals surface area contributed by atoms with Gasteiger partial charge in [0.1, 0.15) is 0 Å². The summed E-state index contributed by atoms with van der Waals surface area (Å²) in [7, 11) is 0. The molecule has 0 spiro atoms. The van der Waals surface area contributed by atoms with Crippen LogP contribution in [0.5, 0.6) is 0 Å². The van der Waals surface area contributed by atoms with Crippen LogP contribution in [0.4, 0.5) is 11.4 Å². The van der Waals surface area contributed by atoms with Gasteiger partial charge in [0.15, 0.2) is 0 Å². The number of benzene rings is 6. The summed E-state index contributed by atoms with van der Waals surface area (Å²) in [4.78, 5) is 5.72. The number of allylic oxidation sites excluding steroid dienone is 21. The lowest BCUT2D eigenvalue weighted by Crippen LogP contribution is -2.53. The van der Waals surface area contributed by atoms with Gasteiger partial charge >= 0.3 is 0 Å². The van der Waals surface area contributed by atoms with Crippen molar-refractivity contribution in [2.75, 3.05) is 9.80 Å². The maximum Gasteiger partial charge on any atom is 0.0536 e. The van der Waals surface area contributed by atoms with E-state index >= 15 is 0 Å². The number of rotatable bonds is 9. The summed E-state index contributed by atoms with van der Waals surface area (Å²) in [6, 6.07) is 61.0. The van der Waals surface area contributed by atoms with E-state index in [1.807, 2.05) is 0 Å². The lowest BCUT2D eigenvalue weighted by Gasteiger charge is -2.52. The molecule has 0 N–H and O–H groups in total. The molecule has 0 fully saturated rings. The zero-order valence-corrected chi connectivity index (χ0v) is 53.4. The zero-order chi connectivity index (χ0) is 61.7. The van der Waals surface area contributed by atoms with Crippen LogP contribution in [0.15, 0.2) is 320 Å². The minimum Gasteiger partial charge on any atom is -0.360 e. The maximum atomic E-state index is 2.89. The Morgan fingerprint density at radius 3 is 1.88 bits per heavy atom. The molecular formula is C90H80N2. The van der Waals surface area contributed by atoms with Gasteiger partial charge in [-0.3, -0.25) is 0 Å². The fourth-order valence-corrected chi connectivity index (χ4v) is 18.6. The van der Waals surface area contributed by atoms with Gasteiger partial charge in [0.2, 0.25) is 0 Å². The lowest BCUT2D eigenvalue weighted by atomic mass is 9.62. The van der Waals surface area contributed by atoms with E-state index in [2.05, 4.69) is 335 Å². The largest absolute Gasteiger partial charge is 0.360 e. The molecule has 0 saturated heterocycles. The van der Waals surface area contributed by atoms with Gasteiger partial charge in [-0.15, -0.1) is 0 Å². The number of fused-ring (bicyclic) bond motifs is 10. The highest BCUT2D eigenvalue weighted by Gasteiger charge is 2.49. The normalized spacial score (nSPS) is 26.2. The van der Waals surface area contributed by atoms with Crippen LogP contribution in [-0.2, 0) is 10.8 Å². The van der Waals surface area contributed by atoms with Crippen LogP contribution < -0.4 is 9.80 Å². The van der Waals surface area contributed by atoms with E-state index in [-0.39, 0.29) is 52.8 Å². The Labute approximate surface area is 544 Å². The van der Waals surface area contributed by atoms with Gasteiger partial charge in [-0.1, -0.05) is 313 Å². The summed E-state index contributed by atoms with van der Waals surface area (Å²) in [5, 5.41) is 7.64. The highest BCUT2D eigenvalue weighted by atomic mass is 15.2. The van der Waals surface area contributed by atoms with E-state index in [0.29, 0.717) is 11.8 Å². The molecule has 9 unspecified atom stereocenters. The van der Waals surface area contributed by atoms with Crippen LogP contribution in [0, 0.1) is 23.7 Å². The second-order valence-corrected chi connectivity index (χ2v) is 28.3. The second-order valence-electron chi connectivity index (χ2n) is 28.3. The summed E-state index contributed by atoms with van der Waals surface area (Å²) in [5.74, 6) is 1.30. The minimum absolute atomic E-state index is 0.00222. The smallest absolute Gasteiger partial charge is 0.0536 e. The first-order valence-electron chi connectivity index (χ1n) is 34.1. The monoisotopic (exact) mass is 1190 g/mol. The molecule has 9 atom stereocenters. The van der Waals surface area contributed by atoms with E-state index in [1.54, 1.807) is 5.57 Å².